The Labute approximate surface area is 100.0 Å². The summed E-state index contributed by atoms with van der Waals surface area (Å²) in [6.45, 7) is 2.28. The summed E-state index contributed by atoms with van der Waals surface area (Å²) in [5.74, 6) is 0. The molecule has 0 N–H and O–H groups in total. The summed E-state index contributed by atoms with van der Waals surface area (Å²) in [5, 5.41) is 0. The van der Waals surface area contributed by atoms with Gasteiger partial charge in [-0.15, -0.1) is 0 Å². The number of hydrogen-bond donors (Lipinski definition) is 0. The first-order chi connectivity index (χ1) is 5.41. The molecule has 0 radical (unpaired) electrons. The minimum Gasteiger partial charge on any atom is -1.00 e. The van der Waals surface area contributed by atoms with Gasteiger partial charge in [0, 0.05) is 0 Å². The molecule has 0 aromatic heterocycles. The van der Waals surface area contributed by atoms with Gasteiger partial charge in [0.1, 0.15) is 0 Å². The molecule has 0 atom stereocenters. The van der Waals surface area contributed by atoms with Crippen LogP contribution in [0.2, 0.25) is 3.98 Å². The average Bonchev–Trinajstić information content (AvgIpc) is 2.03. The zero-order valence-electron chi connectivity index (χ0n) is 8.45. The van der Waals surface area contributed by atoms with Crippen molar-refractivity contribution in [2.24, 2.45) is 0 Å². The minimum atomic E-state index is 0. The van der Waals surface area contributed by atoms with E-state index in [0.717, 1.165) is 0 Å². The molecule has 0 spiro atoms. The third-order valence-electron chi connectivity index (χ3n) is 2.10. The normalized spacial score (nSPS) is 9.58. The van der Waals surface area contributed by atoms with E-state index in [9.17, 15) is 0 Å². The minimum absolute atomic E-state index is 0. The van der Waals surface area contributed by atoms with Crippen LogP contribution in [0.25, 0.3) is 0 Å². The van der Waals surface area contributed by atoms with E-state index in [1.165, 1.54) is 77.1 Å². The molecule has 0 amide bonds. The third kappa shape index (κ3) is 13.8. The summed E-state index contributed by atoms with van der Waals surface area (Å²) >= 11 is 1.22. The van der Waals surface area contributed by atoms with Gasteiger partial charge < -0.3 is 12.4 Å². The molecule has 0 rings (SSSR count). The largest absolute Gasteiger partial charge is 1.00 e. The Morgan fingerprint density at radius 3 is 1.58 bits per heavy atom. The molecular formula is C10H21CdCl. The second kappa shape index (κ2) is 14.7. The molecule has 2 heteroatoms. The van der Waals surface area contributed by atoms with Gasteiger partial charge in [-0.3, -0.25) is 0 Å². The summed E-state index contributed by atoms with van der Waals surface area (Å²) in [4.78, 5) is 0. The summed E-state index contributed by atoms with van der Waals surface area (Å²) in [7, 11) is 0. The van der Waals surface area contributed by atoms with Crippen molar-refractivity contribution in [1.29, 1.82) is 0 Å². The van der Waals surface area contributed by atoms with E-state index in [4.69, 9.17) is 0 Å². The number of hydrogen-bond acceptors (Lipinski definition) is 0. The van der Waals surface area contributed by atoms with Gasteiger partial charge in [-0.05, 0) is 0 Å². The fourth-order valence-electron chi connectivity index (χ4n) is 1.31. The Morgan fingerprint density at radius 2 is 1.17 bits per heavy atom. The molecule has 0 saturated carbocycles. The molecule has 0 aliphatic carbocycles. The fraction of sp³-hybridized carbons (Fsp3) is 1.00. The van der Waals surface area contributed by atoms with E-state index >= 15 is 0 Å². The number of rotatable bonds is 8. The molecule has 0 aliphatic heterocycles. The Kier molecular flexibility index (Phi) is 19.2. The van der Waals surface area contributed by atoms with Crippen molar-refractivity contribution < 1.29 is 38.2 Å². The van der Waals surface area contributed by atoms with Gasteiger partial charge in [0.05, 0.1) is 0 Å². The molecule has 0 nitrogen and oxygen atoms in total. The fourth-order valence-corrected chi connectivity index (χ4v) is 2.32. The van der Waals surface area contributed by atoms with Crippen molar-refractivity contribution in [2.45, 2.75) is 62.3 Å². The van der Waals surface area contributed by atoms with Gasteiger partial charge in [0.2, 0.25) is 0 Å². The standard InChI is InChI=1S/C10H21.Cd.ClH/c1-3-5-7-9-10-8-6-4-2;;/h1,3-10H2,2H3;;1H/q;+1;/p-1. The SMILES string of the molecule is CCCCCCCCC[CH2][Cd+].[Cl-]. The van der Waals surface area contributed by atoms with Crippen LogP contribution >= 0.6 is 0 Å². The zero-order valence-corrected chi connectivity index (χ0v) is 13.2. The first-order valence-electron chi connectivity index (χ1n) is 5.21. The maximum absolute atomic E-state index is 2.28. The molecule has 0 heterocycles. The van der Waals surface area contributed by atoms with E-state index in [0.29, 0.717) is 0 Å². The van der Waals surface area contributed by atoms with Crippen molar-refractivity contribution in [3.63, 3.8) is 0 Å². The Balaban J connectivity index is 0. The predicted molar refractivity (Wildman–Crippen MR) is 47.4 cm³/mol. The van der Waals surface area contributed by atoms with E-state index in [2.05, 4.69) is 6.92 Å². The van der Waals surface area contributed by atoms with Gasteiger partial charge in [0.15, 0.2) is 0 Å². The molecule has 0 unspecified atom stereocenters. The van der Waals surface area contributed by atoms with Crippen LogP contribution in [0.3, 0.4) is 0 Å². The van der Waals surface area contributed by atoms with Crippen LogP contribution in [-0.4, -0.2) is 0 Å². The van der Waals surface area contributed by atoms with Gasteiger partial charge in [0.25, 0.3) is 0 Å². The van der Waals surface area contributed by atoms with Gasteiger partial charge in [-0.1, -0.05) is 0 Å². The molecule has 0 fully saturated rings. The van der Waals surface area contributed by atoms with Gasteiger partial charge in [-0.25, -0.2) is 0 Å². The van der Waals surface area contributed by atoms with Crippen molar-refractivity contribution in [1.82, 2.24) is 0 Å². The van der Waals surface area contributed by atoms with Crippen LogP contribution in [0.5, 0.6) is 0 Å². The zero-order chi connectivity index (χ0) is 8.36. The third-order valence-corrected chi connectivity index (χ3v) is 3.53. The Hall–Kier alpha value is 1.21. The maximum atomic E-state index is 2.28. The van der Waals surface area contributed by atoms with Crippen molar-refractivity contribution >= 4 is 0 Å². The summed E-state index contributed by atoms with van der Waals surface area (Å²) in [5.41, 5.74) is 0. The first-order valence-corrected chi connectivity index (χ1v) is 8.06. The smallest absolute Gasteiger partial charge is 1.00 e. The molecular weight excluding hydrogens is 268 g/mol. The average molecular weight is 289 g/mol. The monoisotopic (exact) mass is 290 g/mol. The maximum Gasteiger partial charge on any atom is -1.00 e. The van der Waals surface area contributed by atoms with Crippen molar-refractivity contribution in [3.05, 3.63) is 0 Å². The van der Waals surface area contributed by atoms with Crippen LogP contribution < -0.4 is 12.4 Å². The van der Waals surface area contributed by atoms with Crippen molar-refractivity contribution in [2.75, 3.05) is 0 Å². The van der Waals surface area contributed by atoms with Gasteiger partial charge in [-0.2, -0.15) is 0 Å². The topological polar surface area (TPSA) is 0 Å². The molecule has 0 aliphatic rings. The molecule has 0 aromatic carbocycles. The molecule has 0 bridgehead atoms. The van der Waals surface area contributed by atoms with Crippen LogP contribution in [0.1, 0.15) is 58.3 Å². The second-order valence-electron chi connectivity index (χ2n) is 3.33. The van der Waals surface area contributed by atoms with Crippen molar-refractivity contribution in [3.8, 4) is 0 Å². The van der Waals surface area contributed by atoms with Crippen LogP contribution in [-0.2, 0) is 25.8 Å². The molecule has 12 heavy (non-hydrogen) atoms. The Morgan fingerprint density at radius 1 is 0.750 bits per heavy atom. The number of unbranched alkanes of at least 4 members (excludes halogenated alkanes) is 7. The quantitative estimate of drug-likeness (QED) is 0.464. The molecule has 70 valence electrons. The first kappa shape index (κ1) is 15.7. The van der Waals surface area contributed by atoms with Crippen LogP contribution in [0.15, 0.2) is 0 Å². The van der Waals surface area contributed by atoms with E-state index in [1.54, 1.807) is 3.98 Å². The predicted octanol–water partition coefficient (Wildman–Crippen LogP) is 1.10. The Bertz CT molecular complexity index is 58.9. The van der Waals surface area contributed by atoms with E-state index in [1.807, 2.05) is 0 Å². The molecule has 0 aromatic rings. The van der Waals surface area contributed by atoms with E-state index in [-0.39, 0.29) is 12.4 Å². The number of halogens is 1. The second-order valence-corrected chi connectivity index (χ2v) is 5.35. The summed E-state index contributed by atoms with van der Waals surface area (Å²) < 4.78 is 1.54. The van der Waals surface area contributed by atoms with Crippen LogP contribution in [0.4, 0.5) is 0 Å². The van der Waals surface area contributed by atoms with Crippen LogP contribution in [0, 0.1) is 0 Å². The summed E-state index contributed by atoms with van der Waals surface area (Å²) in [6, 6.07) is 0. The van der Waals surface area contributed by atoms with E-state index < -0.39 is 0 Å². The molecule has 0 saturated heterocycles. The summed E-state index contributed by atoms with van der Waals surface area (Å²) in [6.07, 6.45) is 11.8. The van der Waals surface area contributed by atoms with Gasteiger partial charge >= 0.3 is 88.0 Å².